The minimum absolute atomic E-state index is 0.0509. The Bertz CT molecular complexity index is 1100. The van der Waals surface area contributed by atoms with Crippen LogP contribution in [-0.2, 0) is 25.1 Å². The van der Waals surface area contributed by atoms with Crippen LogP contribution in [0.4, 0.5) is 0 Å². The third kappa shape index (κ3) is 7.16. The molecule has 0 N–H and O–H groups in total. The van der Waals surface area contributed by atoms with Crippen molar-refractivity contribution >= 4 is 12.0 Å². The van der Waals surface area contributed by atoms with Crippen LogP contribution in [0.3, 0.4) is 0 Å². The van der Waals surface area contributed by atoms with Gasteiger partial charge in [-0.1, -0.05) is 53.5 Å². The van der Waals surface area contributed by atoms with Gasteiger partial charge in [-0.3, -0.25) is 0 Å². The Morgan fingerprint density at radius 2 is 1.57 bits per heavy atom. The van der Waals surface area contributed by atoms with Crippen LogP contribution < -0.4 is 9.47 Å². The van der Waals surface area contributed by atoms with E-state index in [0.29, 0.717) is 19.0 Å². The van der Waals surface area contributed by atoms with Crippen molar-refractivity contribution in [2.75, 3.05) is 27.1 Å². The van der Waals surface area contributed by atoms with Gasteiger partial charge in [0.25, 0.3) is 0 Å². The summed E-state index contributed by atoms with van der Waals surface area (Å²) in [5, 5.41) is 0. The third-order valence-corrected chi connectivity index (χ3v) is 7.28. The van der Waals surface area contributed by atoms with Crippen molar-refractivity contribution in [2.24, 2.45) is 0 Å². The molecule has 0 saturated carbocycles. The summed E-state index contributed by atoms with van der Waals surface area (Å²) >= 11 is 0. The van der Waals surface area contributed by atoms with Crippen molar-refractivity contribution in [1.29, 1.82) is 0 Å². The van der Waals surface area contributed by atoms with Crippen LogP contribution in [0.2, 0.25) is 0 Å². The molecule has 3 rings (SSSR count). The molecule has 0 heterocycles. The largest absolute Gasteiger partial charge is 0.493 e. The predicted molar refractivity (Wildman–Crippen MR) is 150 cm³/mol. The zero-order valence-electron chi connectivity index (χ0n) is 23.7. The van der Waals surface area contributed by atoms with Crippen molar-refractivity contribution in [1.82, 2.24) is 0 Å². The van der Waals surface area contributed by atoms with Crippen molar-refractivity contribution < 1.29 is 23.7 Å². The van der Waals surface area contributed by atoms with E-state index in [-0.39, 0.29) is 23.6 Å². The van der Waals surface area contributed by atoms with Crippen LogP contribution in [0.25, 0.3) is 17.2 Å². The van der Waals surface area contributed by atoms with Gasteiger partial charge in [0.15, 0.2) is 6.79 Å². The van der Waals surface area contributed by atoms with Crippen LogP contribution in [-0.4, -0.2) is 33.1 Å². The quantitative estimate of drug-likeness (QED) is 0.127. The number of carbonyl (C=O) groups excluding carboxylic acids is 1. The molecular weight excluding hydrogens is 464 g/mol. The molecule has 0 fully saturated rings. The topological polar surface area (TPSA) is 54.0 Å². The van der Waals surface area contributed by atoms with Gasteiger partial charge in [-0.05, 0) is 84.0 Å². The molecule has 1 aliphatic rings. The fraction of sp³-hybridized carbons (Fsp3) is 0.531. The maximum absolute atomic E-state index is 11.9. The van der Waals surface area contributed by atoms with Gasteiger partial charge in [0, 0.05) is 24.3 Å². The van der Waals surface area contributed by atoms with E-state index in [1.165, 1.54) is 17.2 Å². The Morgan fingerprint density at radius 3 is 2.22 bits per heavy atom. The van der Waals surface area contributed by atoms with E-state index in [1.54, 1.807) is 20.1 Å². The van der Waals surface area contributed by atoms with Crippen LogP contribution in [0.1, 0.15) is 90.3 Å². The van der Waals surface area contributed by atoms with E-state index in [9.17, 15) is 4.79 Å². The normalized spacial score (nSPS) is 15.9. The number of benzene rings is 2. The highest BCUT2D eigenvalue weighted by Crippen LogP contribution is 2.50. The lowest BCUT2D eigenvalue weighted by Crippen LogP contribution is -2.34. The molecule has 0 aromatic heterocycles. The van der Waals surface area contributed by atoms with Crippen LogP contribution >= 0.6 is 0 Å². The minimum Gasteiger partial charge on any atom is -0.493 e. The number of hydrogen-bond donors (Lipinski definition) is 0. The molecule has 2 aromatic carbocycles. The maximum atomic E-state index is 11.9. The lowest BCUT2D eigenvalue weighted by atomic mass is 9.62. The molecule has 0 radical (unpaired) electrons. The molecule has 5 heteroatoms. The molecule has 0 spiro atoms. The summed E-state index contributed by atoms with van der Waals surface area (Å²) in [7, 11) is 1.61. The van der Waals surface area contributed by atoms with Crippen molar-refractivity contribution in [3.63, 3.8) is 0 Å². The summed E-state index contributed by atoms with van der Waals surface area (Å²) in [6.07, 6.45) is 8.78. The number of fused-ring (bicyclic) bond motifs is 1. The summed E-state index contributed by atoms with van der Waals surface area (Å²) in [6, 6.07) is 10.5. The first kappa shape index (κ1) is 28.8. The number of unbranched alkanes of at least 4 members (excludes halogenated alkanes) is 2. The van der Waals surface area contributed by atoms with E-state index < -0.39 is 0 Å². The zero-order chi connectivity index (χ0) is 27.1. The number of ether oxygens (including phenoxy) is 4. The van der Waals surface area contributed by atoms with Crippen molar-refractivity contribution in [2.45, 2.75) is 84.5 Å². The van der Waals surface area contributed by atoms with Gasteiger partial charge >= 0.3 is 5.97 Å². The molecule has 0 saturated heterocycles. The second-order valence-electron chi connectivity index (χ2n) is 11.1. The SMILES string of the molecule is CCCCCOc1cc2c(cc1-c1cc(C=CC(=O)OCC)ccc1OCOC)C(C)(C)CCC2(C)C. The average Bonchev–Trinajstić information content (AvgIpc) is 2.87. The van der Waals surface area contributed by atoms with E-state index in [4.69, 9.17) is 18.9 Å². The monoisotopic (exact) mass is 508 g/mol. The zero-order valence-corrected chi connectivity index (χ0v) is 23.7. The Kier molecular flexibility index (Phi) is 9.83. The molecular formula is C32H44O5. The molecule has 0 bridgehead atoms. The number of hydrogen-bond acceptors (Lipinski definition) is 5. The first-order chi connectivity index (χ1) is 17.6. The molecule has 0 atom stereocenters. The Balaban J connectivity index is 2.18. The lowest BCUT2D eigenvalue weighted by molar-refractivity contribution is -0.137. The summed E-state index contributed by atoms with van der Waals surface area (Å²) in [4.78, 5) is 11.9. The van der Waals surface area contributed by atoms with Gasteiger partial charge < -0.3 is 18.9 Å². The molecule has 0 unspecified atom stereocenters. The smallest absolute Gasteiger partial charge is 0.330 e. The van der Waals surface area contributed by atoms with Gasteiger partial charge in [-0.2, -0.15) is 0 Å². The predicted octanol–water partition coefficient (Wildman–Crippen LogP) is 7.83. The van der Waals surface area contributed by atoms with Crippen LogP contribution in [0.15, 0.2) is 36.4 Å². The van der Waals surface area contributed by atoms with Gasteiger partial charge in [-0.25, -0.2) is 4.79 Å². The average molecular weight is 509 g/mol. The highest BCUT2D eigenvalue weighted by molar-refractivity contribution is 5.88. The molecule has 1 aliphatic carbocycles. The highest BCUT2D eigenvalue weighted by Gasteiger charge is 2.38. The highest BCUT2D eigenvalue weighted by atomic mass is 16.7. The molecule has 2 aromatic rings. The van der Waals surface area contributed by atoms with Gasteiger partial charge in [0.05, 0.1) is 13.2 Å². The van der Waals surface area contributed by atoms with E-state index >= 15 is 0 Å². The fourth-order valence-corrected chi connectivity index (χ4v) is 4.92. The number of esters is 1. The number of methoxy groups -OCH3 is 1. The minimum atomic E-state index is -0.360. The summed E-state index contributed by atoms with van der Waals surface area (Å²) < 4.78 is 22.7. The van der Waals surface area contributed by atoms with Gasteiger partial charge in [-0.15, -0.1) is 0 Å². The summed E-state index contributed by atoms with van der Waals surface area (Å²) in [5.74, 6) is 1.22. The Hall–Kier alpha value is -2.79. The number of carbonyl (C=O) groups is 1. The van der Waals surface area contributed by atoms with E-state index in [2.05, 4.69) is 46.8 Å². The van der Waals surface area contributed by atoms with Crippen molar-refractivity contribution in [3.8, 4) is 22.6 Å². The first-order valence-electron chi connectivity index (χ1n) is 13.6. The fourth-order valence-electron chi connectivity index (χ4n) is 4.92. The van der Waals surface area contributed by atoms with Gasteiger partial charge in [0.2, 0.25) is 0 Å². The number of rotatable bonds is 12. The van der Waals surface area contributed by atoms with Crippen LogP contribution in [0.5, 0.6) is 11.5 Å². The van der Waals surface area contributed by atoms with Gasteiger partial charge in [0.1, 0.15) is 11.5 Å². The molecule has 5 nitrogen and oxygen atoms in total. The molecule has 202 valence electrons. The van der Waals surface area contributed by atoms with E-state index in [1.807, 2.05) is 18.2 Å². The Labute approximate surface area is 223 Å². The van der Waals surface area contributed by atoms with Crippen molar-refractivity contribution in [3.05, 3.63) is 53.1 Å². The summed E-state index contributed by atoms with van der Waals surface area (Å²) in [6.45, 7) is 14.5. The Morgan fingerprint density at radius 1 is 0.892 bits per heavy atom. The first-order valence-corrected chi connectivity index (χ1v) is 13.6. The molecule has 0 aliphatic heterocycles. The molecule has 37 heavy (non-hydrogen) atoms. The van der Waals surface area contributed by atoms with Crippen LogP contribution in [0, 0.1) is 0 Å². The molecule has 0 amide bonds. The second kappa shape index (κ2) is 12.6. The lowest BCUT2D eigenvalue weighted by Gasteiger charge is -2.42. The third-order valence-electron chi connectivity index (χ3n) is 7.28. The van der Waals surface area contributed by atoms with E-state index in [0.717, 1.165) is 54.5 Å². The second-order valence-corrected chi connectivity index (χ2v) is 11.1. The maximum Gasteiger partial charge on any atom is 0.330 e. The standard InChI is InChI=1S/C32H44O5/c1-8-10-11-18-36-29-21-27-26(31(3,4)16-17-32(27,5)6)20-25(29)24-19-23(13-15-30(33)35-9-2)12-14-28(24)37-22-34-7/h12-15,19-21H,8-11,16-18,22H2,1-7H3. The summed E-state index contributed by atoms with van der Waals surface area (Å²) in [5.41, 5.74) is 5.62.